The summed E-state index contributed by atoms with van der Waals surface area (Å²) in [5, 5.41) is 1.88. The van der Waals surface area contributed by atoms with Crippen LogP contribution in [0, 0.1) is 0 Å². The molecule has 0 saturated carbocycles. The van der Waals surface area contributed by atoms with Crippen molar-refractivity contribution in [1.29, 1.82) is 0 Å². The Bertz CT molecular complexity index is 704. The first-order chi connectivity index (χ1) is 11.6. The van der Waals surface area contributed by atoms with E-state index in [1.165, 1.54) is 0 Å². The van der Waals surface area contributed by atoms with Gasteiger partial charge in [-0.25, -0.2) is 4.79 Å². The molecule has 0 aromatic rings. The first kappa shape index (κ1) is 18.3. The van der Waals surface area contributed by atoms with Crippen LogP contribution in [0.1, 0.15) is 20.3 Å². The summed E-state index contributed by atoms with van der Waals surface area (Å²) in [5.74, 6) is -0.931. The molecule has 3 heterocycles. The molecular weight excluding hydrogens is 354 g/mol. The van der Waals surface area contributed by atoms with E-state index in [4.69, 9.17) is 18.4 Å². The number of carbonyl (C=O) groups excluding carboxylic acids is 2. The molecule has 3 fully saturated rings. The minimum atomic E-state index is -3.64. The summed E-state index contributed by atoms with van der Waals surface area (Å²) in [7, 11) is -3.64. The van der Waals surface area contributed by atoms with Gasteiger partial charge in [0, 0.05) is 5.57 Å². The van der Waals surface area contributed by atoms with Crippen molar-refractivity contribution in [3.8, 4) is 0 Å². The molecule has 2 bridgehead atoms. The van der Waals surface area contributed by atoms with Crippen molar-refractivity contribution in [3.63, 3.8) is 0 Å². The molecule has 0 spiro atoms. The van der Waals surface area contributed by atoms with Crippen molar-refractivity contribution in [2.75, 3.05) is 19.8 Å². The molecule has 1 amide bonds. The number of fused-ring (bicyclic) bond motifs is 1. The van der Waals surface area contributed by atoms with Gasteiger partial charge in [0.25, 0.3) is 10.1 Å². The van der Waals surface area contributed by atoms with Crippen LogP contribution in [-0.2, 0) is 38.1 Å². The third-order valence-corrected chi connectivity index (χ3v) is 6.46. The fourth-order valence-corrected chi connectivity index (χ4v) is 5.06. The molecule has 1 N–H and O–H groups in total. The Morgan fingerprint density at radius 3 is 2.80 bits per heavy atom. The highest BCUT2D eigenvalue weighted by Crippen LogP contribution is 2.53. The molecule has 3 aliphatic rings. The summed E-state index contributed by atoms with van der Waals surface area (Å²) in [5.41, 5.74) is -0.651. The topological polar surface area (TPSA) is 117 Å². The van der Waals surface area contributed by atoms with Crippen molar-refractivity contribution < 1.29 is 36.4 Å². The molecule has 3 saturated heterocycles. The Morgan fingerprint density at radius 1 is 1.40 bits per heavy atom. The molecule has 25 heavy (non-hydrogen) atoms. The number of carbonyl (C=O) groups is 2. The van der Waals surface area contributed by atoms with E-state index in [0.29, 0.717) is 12.0 Å². The monoisotopic (exact) mass is 375 g/mol. The molecule has 0 radical (unpaired) electrons. The van der Waals surface area contributed by atoms with Gasteiger partial charge in [0.05, 0.1) is 12.6 Å². The SMILES string of the molecule is C=C(C)C(=O)NCCOC(=O)COC1(C)C2CC3C(O2)C1OS3(=O)=O. The predicted molar refractivity (Wildman–Crippen MR) is 84.0 cm³/mol. The Balaban J connectivity index is 1.45. The van der Waals surface area contributed by atoms with Crippen LogP contribution in [-0.4, -0.2) is 69.2 Å². The second-order valence-electron chi connectivity index (χ2n) is 6.60. The molecule has 140 valence electrons. The van der Waals surface area contributed by atoms with Gasteiger partial charge in [0.2, 0.25) is 5.91 Å². The number of nitrogens with one attached hydrogen (secondary N) is 1. The second kappa shape index (κ2) is 6.35. The zero-order valence-electron chi connectivity index (χ0n) is 14.0. The summed E-state index contributed by atoms with van der Waals surface area (Å²) in [6.45, 7) is 6.54. The quantitative estimate of drug-likeness (QED) is 0.268. The van der Waals surface area contributed by atoms with Gasteiger partial charge in [-0.1, -0.05) is 6.58 Å². The maximum atomic E-state index is 11.9. The molecule has 9 nitrogen and oxygen atoms in total. The number of hydrogen-bond acceptors (Lipinski definition) is 8. The summed E-state index contributed by atoms with van der Waals surface area (Å²) in [6, 6.07) is 0. The van der Waals surface area contributed by atoms with Crippen LogP contribution in [0.3, 0.4) is 0 Å². The molecule has 0 aromatic carbocycles. The Hall–Kier alpha value is -1.49. The largest absolute Gasteiger partial charge is 0.462 e. The standard InChI is InChI=1S/C15H21NO8S/c1-8(2)14(18)16-4-5-21-11(17)7-22-15(3)10-6-9-12(23-10)13(15)24-25(9,19)20/h9-10,12-13H,1,4-7H2,2-3H3,(H,16,18). The van der Waals surface area contributed by atoms with Gasteiger partial charge >= 0.3 is 5.97 Å². The zero-order valence-corrected chi connectivity index (χ0v) is 14.8. The van der Waals surface area contributed by atoms with Gasteiger partial charge in [0.15, 0.2) is 0 Å². The fourth-order valence-electron chi connectivity index (χ4n) is 3.38. The smallest absolute Gasteiger partial charge is 0.332 e. The lowest BCUT2D eigenvalue weighted by Crippen LogP contribution is -2.51. The average molecular weight is 375 g/mol. The van der Waals surface area contributed by atoms with Gasteiger partial charge in [-0.3, -0.25) is 8.98 Å². The van der Waals surface area contributed by atoms with Gasteiger partial charge in [0.1, 0.15) is 36.3 Å². The lowest BCUT2D eigenvalue weighted by molar-refractivity contribution is -0.163. The highest BCUT2D eigenvalue weighted by atomic mass is 32.2. The van der Waals surface area contributed by atoms with E-state index < -0.39 is 45.3 Å². The highest BCUT2D eigenvalue weighted by molar-refractivity contribution is 7.87. The van der Waals surface area contributed by atoms with Crippen molar-refractivity contribution in [3.05, 3.63) is 12.2 Å². The molecule has 5 atom stereocenters. The summed E-state index contributed by atoms with van der Waals surface area (Å²) in [4.78, 5) is 23.1. The van der Waals surface area contributed by atoms with E-state index in [2.05, 4.69) is 11.9 Å². The fraction of sp³-hybridized carbons (Fsp3) is 0.733. The molecule has 5 unspecified atom stereocenters. The van der Waals surface area contributed by atoms with Crippen LogP contribution in [0.2, 0.25) is 0 Å². The number of esters is 1. The van der Waals surface area contributed by atoms with Crippen LogP contribution in [0.25, 0.3) is 0 Å². The normalized spacial score (nSPS) is 37.0. The van der Waals surface area contributed by atoms with Crippen LogP contribution in [0.4, 0.5) is 0 Å². The summed E-state index contributed by atoms with van der Waals surface area (Å²) in [6.07, 6.45) is -1.44. The molecule has 0 aromatic heterocycles. The molecule has 3 aliphatic heterocycles. The third kappa shape index (κ3) is 3.19. The molecule has 0 aliphatic carbocycles. The highest BCUT2D eigenvalue weighted by Gasteiger charge is 2.71. The second-order valence-corrected chi connectivity index (χ2v) is 8.39. The number of hydrogen-bond donors (Lipinski definition) is 1. The van der Waals surface area contributed by atoms with Crippen LogP contribution in [0.15, 0.2) is 12.2 Å². The van der Waals surface area contributed by atoms with Gasteiger partial charge in [-0.2, -0.15) is 8.42 Å². The van der Waals surface area contributed by atoms with Crippen molar-refractivity contribution in [2.24, 2.45) is 0 Å². The van der Waals surface area contributed by atoms with Crippen LogP contribution < -0.4 is 5.32 Å². The van der Waals surface area contributed by atoms with Crippen LogP contribution in [0.5, 0.6) is 0 Å². The van der Waals surface area contributed by atoms with Crippen molar-refractivity contribution in [1.82, 2.24) is 5.32 Å². The van der Waals surface area contributed by atoms with E-state index in [1.54, 1.807) is 13.8 Å². The first-order valence-corrected chi connectivity index (χ1v) is 9.43. The van der Waals surface area contributed by atoms with Gasteiger partial charge in [-0.15, -0.1) is 0 Å². The number of amides is 1. The lowest BCUT2D eigenvalue weighted by Gasteiger charge is -2.33. The average Bonchev–Trinajstić information content (AvgIpc) is 3.14. The van der Waals surface area contributed by atoms with Crippen molar-refractivity contribution in [2.45, 2.75) is 49.4 Å². The molecule has 10 heteroatoms. The van der Waals surface area contributed by atoms with E-state index in [1.807, 2.05) is 0 Å². The van der Waals surface area contributed by atoms with E-state index in [9.17, 15) is 18.0 Å². The molecular formula is C15H21NO8S. The molecule has 3 rings (SSSR count). The lowest BCUT2D eigenvalue weighted by atomic mass is 9.83. The summed E-state index contributed by atoms with van der Waals surface area (Å²) >= 11 is 0. The third-order valence-electron chi connectivity index (χ3n) is 4.78. The van der Waals surface area contributed by atoms with E-state index >= 15 is 0 Å². The Labute approximate surface area is 145 Å². The van der Waals surface area contributed by atoms with Crippen LogP contribution >= 0.6 is 0 Å². The Kier molecular flexibility index (Phi) is 4.65. The maximum Gasteiger partial charge on any atom is 0.332 e. The zero-order chi connectivity index (χ0) is 18.4. The summed E-state index contributed by atoms with van der Waals surface area (Å²) < 4.78 is 45.2. The van der Waals surface area contributed by atoms with Gasteiger partial charge < -0.3 is 19.5 Å². The Morgan fingerprint density at radius 2 is 2.12 bits per heavy atom. The van der Waals surface area contributed by atoms with E-state index in [0.717, 1.165) is 0 Å². The van der Waals surface area contributed by atoms with Crippen molar-refractivity contribution >= 4 is 22.0 Å². The first-order valence-electron chi connectivity index (χ1n) is 7.96. The minimum absolute atomic E-state index is 0.00311. The number of rotatable bonds is 7. The number of ether oxygens (including phenoxy) is 3. The maximum absolute atomic E-state index is 11.9. The predicted octanol–water partition coefficient (Wildman–Crippen LogP) is -0.734. The van der Waals surface area contributed by atoms with E-state index in [-0.39, 0.29) is 25.7 Å². The van der Waals surface area contributed by atoms with Gasteiger partial charge in [-0.05, 0) is 20.3 Å². The minimum Gasteiger partial charge on any atom is -0.462 e.